The van der Waals surface area contributed by atoms with Gasteiger partial charge in [-0.25, -0.2) is 0 Å². The molecule has 0 saturated carbocycles. The lowest BCUT2D eigenvalue weighted by molar-refractivity contribution is -0.870. The fourth-order valence-electron chi connectivity index (χ4n) is 1.39. The monoisotopic (exact) mass is 299 g/mol. The Labute approximate surface area is 123 Å². The van der Waals surface area contributed by atoms with Gasteiger partial charge in [0, 0.05) is 6.07 Å². The van der Waals surface area contributed by atoms with E-state index in [1.807, 2.05) is 0 Å². The molecule has 1 rings (SSSR count). The van der Waals surface area contributed by atoms with Crippen molar-refractivity contribution in [2.24, 2.45) is 0 Å². The third-order valence-corrected chi connectivity index (χ3v) is 2.53. The molecule has 118 valence electrons. The smallest absolute Gasteiger partial charge is 0.276 e. The number of nitro benzene ring substituents is 2. The van der Waals surface area contributed by atoms with Gasteiger partial charge >= 0.3 is 0 Å². The molecule has 1 aromatic carbocycles. The van der Waals surface area contributed by atoms with Crippen molar-refractivity contribution in [2.45, 2.75) is 19.8 Å². The van der Waals surface area contributed by atoms with Gasteiger partial charge in [0.05, 0.1) is 43.6 Å². The van der Waals surface area contributed by atoms with Crippen molar-refractivity contribution in [3.05, 3.63) is 38.4 Å². The summed E-state index contributed by atoms with van der Waals surface area (Å²) in [6.45, 7) is 3.53. The van der Waals surface area contributed by atoms with E-state index in [1.165, 1.54) is 19.4 Å². The third-order valence-electron chi connectivity index (χ3n) is 2.53. The minimum atomic E-state index is -0.949. The summed E-state index contributed by atoms with van der Waals surface area (Å²) in [4.78, 5) is 18.6. The van der Waals surface area contributed by atoms with E-state index in [1.54, 1.807) is 0 Å². The van der Waals surface area contributed by atoms with E-state index in [2.05, 4.69) is 28.1 Å². The summed E-state index contributed by atoms with van der Waals surface area (Å²) in [5.41, 5.74) is -1.25. The molecule has 0 aromatic heterocycles. The van der Waals surface area contributed by atoms with Gasteiger partial charge in [-0.15, -0.1) is 0 Å². The van der Waals surface area contributed by atoms with Crippen LogP contribution in [0.25, 0.3) is 0 Å². The standard InChI is InChI=1S/C7H18N.C6H4N2O5/c1-5-6-7-8(2,3)4;9-6-2-1-4(7(10)11)3-5(6)8(12)13/h5-7H2,1-4H3;1-3,9H/q+1;/p-1. The van der Waals surface area contributed by atoms with E-state index in [-0.39, 0.29) is 0 Å². The first-order valence-corrected chi connectivity index (χ1v) is 6.48. The Morgan fingerprint density at radius 3 is 2.00 bits per heavy atom. The molecule has 0 bridgehead atoms. The maximum atomic E-state index is 10.8. The second kappa shape index (κ2) is 8.15. The third kappa shape index (κ3) is 7.83. The normalized spacial score (nSPS) is 10.5. The van der Waals surface area contributed by atoms with Crippen molar-refractivity contribution in [1.29, 1.82) is 0 Å². The molecule has 0 spiro atoms. The fourth-order valence-corrected chi connectivity index (χ4v) is 1.39. The van der Waals surface area contributed by atoms with Gasteiger partial charge in [0.2, 0.25) is 0 Å². The van der Waals surface area contributed by atoms with Gasteiger partial charge in [0.15, 0.2) is 0 Å². The van der Waals surface area contributed by atoms with E-state index >= 15 is 0 Å². The van der Waals surface area contributed by atoms with Gasteiger partial charge in [-0.2, -0.15) is 0 Å². The largest absolute Gasteiger partial charge is 0.868 e. The van der Waals surface area contributed by atoms with Crippen LogP contribution in [0.5, 0.6) is 5.75 Å². The average Bonchev–Trinajstić information content (AvgIpc) is 2.36. The van der Waals surface area contributed by atoms with Crippen molar-refractivity contribution in [2.75, 3.05) is 27.7 Å². The average molecular weight is 299 g/mol. The molecule has 21 heavy (non-hydrogen) atoms. The molecule has 0 amide bonds. The van der Waals surface area contributed by atoms with Crippen molar-refractivity contribution < 1.29 is 19.4 Å². The van der Waals surface area contributed by atoms with Crippen LogP contribution in [0.4, 0.5) is 11.4 Å². The number of hydrogen-bond acceptors (Lipinski definition) is 5. The minimum Gasteiger partial charge on any atom is -0.868 e. The van der Waals surface area contributed by atoms with E-state index in [4.69, 9.17) is 0 Å². The molecule has 0 aliphatic rings. The van der Waals surface area contributed by atoms with Crippen LogP contribution in [0.2, 0.25) is 0 Å². The predicted octanol–water partition coefficient (Wildman–Crippen LogP) is 2.07. The number of hydrogen-bond donors (Lipinski definition) is 0. The molecule has 8 nitrogen and oxygen atoms in total. The zero-order valence-corrected chi connectivity index (χ0v) is 12.7. The highest BCUT2D eigenvalue weighted by Gasteiger charge is 2.13. The molecule has 1 aromatic rings. The van der Waals surface area contributed by atoms with Crippen molar-refractivity contribution in [1.82, 2.24) is 0 Å². The first kappa shape index (κ1) is 18.8. The zero-order chi connectivity index (χ0) is 16.6. The molecule has 8 heteroatoms. The summed E-state index contributed by atoms with van der Waals surface area (Å²) in [6.07, 6.45) is 2.67. The molecule has 0 heterocycles. The van der Waals surface area contributed by atoms with E-state index in [0.717, 1.165) is 16.6 Å². The highest BCUT2D eigenvalue weighted by Crippen LogP contribution is 2.27. The Hall–Kier alpha value is -2.22. The molecule has 0 aliphatic carbocycles. The Morgan fingerprint density at radius 2 is 1.67 bits per heavy atom. The molecule has 0 atom stereocenters. The fraction of sp³-hybridized carbons (Fsp3) is 0.538. The Bertz CT molecular complexity index is 497. The van der Waals surface area contributed by atoms with Gasteiger partial charge in [-0.3, -0.25) is 20.2 Å². The maximum absolute atomic E-state index is 10.8. The molecule has 0 aliphatic heterocycles. The van der Waals surface area contributed by atoms with Crippen molar-refractivity contribution >= 4 is 11.4 Å². The number of benzene rings is 1. The van der Waals surface area contributed by atoms with Gasteiger partial charge in [0.25, 0.3) is 11.4 Å². The number of quaternary nitrogens is 1. The van der Waals surface area contributed by atoms with Crippen LogP contribution in [0.15, 0.2) is 18.2 Å². The molecule has 0 fully saturated rings. The van der Waals surface area contributed by atoms with Crippen LogP contribution in [-0.4, -0.2) is 42.0 Å². The number of rotatable bonds is 5. The predicted molar refractivity (Wildman–Crippen MR) is 77.0 cm³/mol. The number of nitro groups is 2. The highest BCUT2D eigenvalue weighted by atomic mass is 16.6. The van der Waals surface area contributed by atoms with Crippen molar-refractivity contribution in [3.63, 3.8) is 0 Å². The zero-order valence-electron chi connectivity index (χ0n) is 12.7. The van der Waals surface area contributed by atoms with Crippen molar-refractivity contribution in [3.8, 4) is 5.75 Å². The first-order valence-electron chi connectivity index (χ1n) is 6.48. The van der Waals surface area contributed by atoms with Crippen LogP contribution >= 0.6 is 0 Å². The van der Waals surface area contributed by atoms with Gasteiger partial charge < -0.3 is 9.59 Å². The SMILES string of the molecule is CCCC[N+](C)(C)C.O=[N+]([O-])c1ccc([O-])c([N+](=O)[O-])c1. The summed E-state index contributed by atoms with van der Waals surface area (Å²) in [5, 5.41) is 31.1. The minimum absolute atomic E-state index is 0.466. The van der Waals surface area contributed by atoms with Crippen LogP contribution in [0.3, 0.4) is 0 Å². The molecular formula is C13H21N3O5. The number of non-ortho nitro benzene ring substituents is 1. The second-order valence-corrected chi connectivity index (χ2v) is 5.53. The van der Waals surface area contributed by atoms with E-state index in [0.29, 0.717) is 6.07 Å². The Balaban J connectivity index is 0.000000433. The summed E-state index contributed by atoms with van der Waals surface area (Å²) in [6, 6.07) is 2.37. The molecule has 0 unspecified atom stereocenters. The van der Waals surface area contributed by atoms with Crippen LogP contribution in [0, 0.1) is 20.2 Å². The summed E-state index contributed by atoms with van der Waals surface area (Å²) >= 11 is 0. The molecule has 0 radical (unpaired) electrons. The first-order chi connectivity index (χ1) is 9.58. The second-order valence-electron chi connectivity index (χ2n) is 5.53. The van der Waals surface area contributed by atoms with E-state index < -0.39 is 27.0 Å². The highest BCUT2D eigenvalue weighted by molar-refractivity contribution is 5.51. The molecule has 0 saturated heterocycles. The van der Waals surface area contributed by atoms with Gasteiger partial charge in [-0.05, 0) is 12.2 Å². The van der Waals surface area contributed by atoms with Crippen LogP contribution < -0.4 is 5.11 Å². The van der Waals surface area contributed by atoms with E-state index in [9.17, 15) is 25.3 Å². The van der Waals surface area contributed by atoms with Crippen LogP contribution in [0.1, 0.15) is 19.8 Å². The summed E-state index contributed by atoms with van der Waals surface area (Å²) < 4.78 is 1.10. The number of nitrogens with zero attached hydrogens (tertiary/aromatic N) is 3. The summed E-state index contributed by atoms with van der Waals surface area (Å²) in [5.74, 6) is -0.837. The quantitative estimate of drug-likeness (QED) is 0.469. The lowest BCUT2D eigenvalue weighted by atomic mass is 10.2. The number of unbranched alkanes of at least 4 members (excludes halogenated alkanes) is 1. The lowest BCUT2D eigenvalue weighted by Crippen LogP contribution is -2.35. The Morgan fingerprint density at radius 1 is 1.10 bits per heavy atom. The van der Waals surface area contributed by atoms with Gasteiger partial charge in [-0.1, -0.05) is 19.4 Å². The van der Waals surface area contributed by atoms with Crippen LogP contribution in [-0.2, 0) is 0 Å². The Kier molecular flexibility index (Phi) is 7.29. The maximum Gasteiger partial charge on any atom is 0.276 e. The lowest BCUT2D eigenvalue weighted by Gasteiger charge is -2.23. The molecular weight excluding hydrogens is 278 g/mol. The van der Waals surface area contributed by atoms with Gasteiger partial charge in [0.1, 0.15) is 0 Å². The summed E-state index contributed by atoms with van der Waals surface area (Å²) in [7, 11) is 6.70. The molecule has 0 N–H and O–H groups in total. The topological polar surface area (TPSA) is 109 Å².